The molecule has 58 valence electrons. The molecular formula is C10H12O. The van der Waals surface area contributed by atoms with Gasteiger partial charge in [-0.05, 0) is 37.1 Å². The van der Waals surface area contributed by atoms with Crippen LogP contribution in [0.1, 0.15) is 19.4 Å². The van der Waals surface area contributed by atoms with E-state index in [1.165, 1.54) is 5.57 Å². The second-order valence-corrected chi connectivity index (χ2v) is 2.52. The van der Waals surface area contributed by atoms with Gasteiger partial charge < -0.3 is 5.11 Å². The van der Waals surface area contributed by atoms with Crippen LogP contribution in [0.25, 0.3) is 5.57 Å². The van der Waals surface area contributed by atoms with Gasteiger partial charge in [0.05, 0.1) is 0 Å². The maximum atomic E-state index is 8.99. The number of allylic oxidation sites excluding steroid dienone is 2. The molecule has 0 atom stereocenters. The van der Waals surface area contributed by atoms with Gasteiger partial charge in [-0.3, -0.25) is 0 Å². The van der Waals surface area contributed by atoms with Crippen LogP contribution in [0.5, 0.6) is 5.75 Å². The van der Waals surface area contributed by atoms with Gasteiger partial charge in [-0.25, -0.2) is 0 Å². The van der Waals surface area contributed by atoms with Crippen molar-refractivity contribution in [2.24, 2.45) is 0 Å². The van der Waals surface area contributed by atoms with E-state index in [1.807, 2.05) is 32.1 Å². The number of hydrogen-bond acceptors (Lipinski definition) is 1. The minimum absolute atomic E-state index is 0.317. The van der Waals surface area contributed by atoms with Gasteiger partial charge in [0.25, 0.3) is 0 Å². The van der Waals surface area contributed by atoms with Crippen LogP contribution in [0.4, 0.5) is 0 Å². The number of benzene rings is 1. The fourth-order valence-electron chi connectivity index (χ4n) is 0.891. The molecule has 0 saturated heterocycles. The van der Waals surface area contributed by atoms with Crippen LogP contribution in [0.15, 0.2) is 30.3 Å². The Morgan fingerprint density at radius 2 is 1.82 bits per heavy atom. The van der Waals surface area contributed by atoms with E-state index in [-0.39, 0.29) is 0 Å². The van der Waals surface area contributed by atoms with Crippen molar-refractivity contribution in [3.8, 4) is 5.75 Å². The van der Waals surface area contributed by atoms with Crippen molar-refractivity contribution in [3.05, 3.63) is 35.9 Å². The third-order valence-corrected chi connectivity index (χ3v) is 1.76. The summed E-state index contributed by atoms with van der Waals surface area (Å²) in [6, 6.07) is 7.21. The van der Waals surface area contributed by atoms with E-state index < -0.39 is 0 Å². The first-order chi connectivity index (χ1) is 5.24. The molecule has 0 fully saturated rings. The summed E-state index contributed by atoms with van der Waals surface area (Å²) in [5.74, 6) is 0.317. The summed E-state index contributed by atoms with van der Waals surface area (Å²) in [7, 11) is 0. The van der Waals surface area contributed by atoms with Crippen LogP contribution in [0, 0.1) is 0 Å². The number of aromatic hydroxyl groups is 1. The Hall–Kier alpha value is -1.24. The summed E-state index contributed by atoms with van der Waals surface area (Å²) in [5.41, 5.74) is 2.38. The lowest BCUT2D eigenvalue weighted by molar-refractivity contribution is 0.475. The molecule has 0 amide bonds. The third-order valence-electron chi connectivity index (χ3n) is 1.76. The van der Waals surface area contributed by atoms with E-state index in [0.717, 1.165) is 5.56 Å². The predicted octanol–water partition coefficient (Wildman–Crippen LogP) is 2.82. The van der Waals surface area contributed by atoms with Gasteiger partial charge in [-0.2, -0.15) is 0 Å². The molecule has 1 aromatic carbocycles. The lowest BCUT2D eigenvalue weighted by Gasteiger charge is -1.99. The molecule has 0 aliphatic carbocycles. The normalized spacial score (nSPS) is 11.6. The average molecular weight is 148 g/mol. The largest absolute Gasteiger partial charge is 0.508 e. The molecule has 0 aliphatic rings. The van der Waals surface area contributed by atoms with E-state index >= 15 is 0 Å². The smallest absolute Gasteiger partial charge is 0.115 e. The van der Waals surface area contributed by atoms with Crippen LogP contribution in [-0.2, 0) is 0 Å². The molecule has 1 N–H and O–H groups in total. The Labute approximate surface area is 67.0 Å². The second-order valence-electron chi connectivity index (χ2n) is 2.52. The zero-order chi connectivity index (χ0) is 8.27. The SMILES string of the molecule is C/C=C(\C)c1ccc(O)cc1. The highest BCUT2D eigenvalue weighted by Gasteiger charge is 1.92. The molecule has 1 heteroatoms. The molecule has 0 aliphatic heterocycles. The Morgan fingerprint density at radius 1 is 1.27 bits per heavy atom. The van der Waals surface area contributed by atoms with Crippen LogP contribution >= 0.6 is 0 Å². The molecule has 0 saturated carbocycles. The highest BCUT2D eigenvalue weighted by molar-refractivity contribution is 5.63. The Morgan fingerprint density at radius 3 is 2.27 bits per heavy atom. The van der Waals surface area contributed by atoms with E-state index in [1.54, 1.807) is 12.1 Å². The van der Waals surface area contributed by atoms with Crippen molar-refractivity contribution in [1.29, 1.82) is 0 Å². The van der Waals surface area contributed by atoms with Crippen molar-refractivity contribution in [1.82, 2.24) is 0 Å². The van der Waals surface area contributed by atoms with Crippen LogP contribution in [0.2, 0.25) is 0 Å². The molecule has 0 heterocycles. The maximum Gasteiger partial charge on any atom is 0.115 e. The Kier molecular flexibility index (Phi) is 2.32. The molecular weight excluding hydrogens is 136 g/mol. The highest BCUT2D eigenvalue weighted by Crippen LogP contribution is 2.16. The van der Waals surface area contributed by atoms with Gasteiger partial charge in [-0.1, -0.05) is 18.2 Å². The van der Waals surface area contributed by atoms with E-state index in [0.29, 0.717) is 5.75 Å². The van der Waals surface area contributed by atoms with E-state index in [4.69, 9.17) is 5.11 Å². The van der Waals surface area contributed by atoms with E-state index in [2.05, 4.69) is 0 Å². The third kappa shape index (κ3) is 1.84. The van der Waals surface area contributed by atoms with Gasteiger partial charge >= 0.3 is 0 Å². The van der Waals surface area contributed by atoms with Crippen molar-refractivity contribution in [2.45, 2.75) is 13.8 Å². The van der Waals surface area contributed by atoms with Crippen LogP contribution in [-0.4, -0.2) is 5.11 Å². The van der Waals surface area contributed by atoms with Gasteiger partial charge in [0.15, 0.2) is 0 Å². The molecule has 1 aromatic rings. The molecule has 0 aromatic heterocycles. The molecule has 11 heavy (non-hydrogen) atoms. The number of hydrogen-bond donors (Lipinski definition) is 1. The van der Waals surface area contributed by atoms with Crippen molar-refractivity contribution >= 4 is 5.57 Å². The highest BCUT2D eigenvalue weighted by atomic mass is 16.3. The topological polar surface area (TPSA) is 20.2 Å². The van der Waals surface area contributed by atoms with Gasteiger partial charge in [0.1, 0.15) is 5.75 Å². The Bertz CT molecular complexity index is 257. The number of phenolic OH excluding ortho intramolecular Hbond substituents is 1. The van der Waals surface area contributed by atoms with E-state index in [9.17, 15) is 0 Å². The van der Waals surface area contributed by atoms with Gasteiger partial charge in [0, 0.05) is 0 Å². The first-order valence-electron chi connectivity index (χ1n) is 3.66. The summed E-state index contributed by atoms with van der Waals surface area (Å²) in [6.45, 7) is 4.05. The summed E-state index contributed by atoms with van der Waals surface area (Å²) >= 11 is 0. The minimum atomic E-state index is 0.317. The van der Waals surface area contributed by atoms with Gasteiger partial charge in [0.2, 0.25) is 0 Å². The summed E-state index contributed by atoms with van der Waals surface area (Å²) in [6.07, 6.45) is 2.05. The van der Waals surface area contributed by atoms with Gasteiger partial charge in [-0.15, -0.1) is 0 Å². The zero-order valence-electron chi connectivity index (χ0n) is 6.83. The first-order valence-corrected chi connectivity index (χ1v) is 3.66. The monoisotopic (exact) mass is 148 g/mol. The molecule has 1 nitrogen and oxygen atoms in total. The minimum Gasteiger partial charge on any atom is -0.508 e. The Balaban J connectivity index is 2.99. The second kappa shape index (κ2) is 3.24. The molecule has 0 unspecified atom stereocenters. The zero-order valence-corrected chi connectivity index (χ0v) is 6.83. The molecule has 1 rings (SSSR count). The summed E-state index contributed by atoms with van der Waals surface area (Å²) in [5, 5.41) is 8.99. The summed E-state index contributed by atoms with van der Waals surface area (Å²) in [4.78, 5) is 0. The molecule has 0 radical (unpaired) electrons. The van der Waals surface area contributed by atoms with Crippen LogP contribution in [0.3, 0.4) is 0 Å². The first kappa shape index (κ1) is 7.86. The fourth-order valence-corrected chi connectivity index (χ4v) is 0.891. The maximum absolute atomic E-state index is 8.99. The average Bonchev–Trinajstić information content (AvgIpc) is 2.05. The predicted molar refractivity (Wildman–Crippen MR) is 47.4 cm³/mol. The van der Waals surface area contributed by atoms with Crippen molar-refractivity contribution in [2.75, 3.05) is 0 Å². The summed E-state index contributed by atoms with van der Waals surface area (Å²) < 4.78 is 0. The lowest BCUT2D eigenvalue weighted by Crippen LogP contribution is -1.76. The fraction of sp³-hybridized carbons (Fsp3) is 0.200. The quantitative estimate of drug-likeness (QED) is 0.649. The molecule has 0 spiro atoms. The van der Waals surface area contributed by atoms with Crippen LogP contribution < -0.4 is 0 Å². The number of rotatable bonds is 1. The standard InChI is InChI=1S/C10H12O/c1-3-8(2)9-4-6-10(11)7-5-9/h3-7,11H,1-2H3/b8-3+. The lowest BCUT2D eigenvalue weighted by atomic mass is 10.1. The molecule has 0 bridgehead atoms. The van der Waals surface area contributed by atoms with Crippen molar-refractivity contribution in [3.63, 3.8) is 0 Å². The van der Waals surface area contributed by atoms with Crippen molar-refractivity contribution < 1.29 is 5.11 Å². The number of phenols is 1.